The van der Waals surface area contributed by atoms with E-state index in [0.717, 1.165) is 12.1 Å². The zero-order valence-corrected chi connectivity index (χ0v) is 15.8. The summed E-state index contributed by atoms with van der Waals surface area (Å²) in [6.45, 7) is 5.59. The van der Waals surface area contributed by atoms with Gasteiger partial charge in [-0.1, -0.05) is 6.07 Å². The molecular formula is C20H22F2N2O4. The van der Waals surface area contributed by atoms with E-state index in [-0.39, 0.29) is 18.7 Å². The number of anilines is 1. The van der Waals surface area contributed by atoms with Crippen molar-refractivity contribution in [3.8, 4) is 5.75 Å². The van der Waals surface area contributed by atoms with Gasteiger partial charge in [0.1, 0.15) is 18.0 Å². The quantitative estimate of drug-likeness (QED) is 0.725. The zero-order valence-electron chi connectivity index (χ0n) is 15.8. The Morgan fingerprint density at radius 3 is 2.46 bits per heavy atom. The predicted octanol–water partition coefficient (Wildman–Crippen LogP) is 4.12. The second kappa shape index (κ2) is 9.16. The summed E-state index contributed by atoms with van der Waals surface area (Å²) in [7, 11) is 0. The van der Waals surface area contributed by atoms with Crippen LogP contribution in [0.4, 0.5) is 19.3 Å². The zero-order chi connectivity index (χ0) is 20.7. The fourth-order valence-electron chi connectivity index (χ4n) is 2.16. The molecule has 0 spiro atoms. The summed E-state index contributed by atoms with van der Waals surface area (Å²) in [5.74, 6) is -2.16. The van der Waals surface area contributed by atoms with Gasteiger partial charge in [-0.2, -0.15) is 0 Å². The van der Waals surface area contributed by atoms with Gasteiger partial charge >= 0.3 is 6.09 Å². The maximum atomic E-state index is 13.1. The van der Waals surface area contributed by atoms with Crippen LogP contribution < -0.4 is 15.4 Å². The maximum absolute atomic E-state index is 13.1. The number of nitrogens with one attached hydrogen (secondary N) is 2. The second-order valence-corrected chi connectivity index (χ2v) is 6.89. The maximum Gasteiger partial charge on any atom is 0.412 e. The van der Waals surface area contributed by atoms with E-state index in [2.05, 4.69) is 10.6 Å². The molecule has 6 nitrogen and oxygen atoms in total. The van der Waals surface area contributed by atoms with Gasteiger partial charge in [-0.05, 0) is 51.1 Å². The molecule has 0 aliphatic rings. The van der Waals surface area contributed by atoms with Gasteiger partial charge in [0, 0.05) is 17.3 Å². The molecule has 2 aromatic rings. The van der Waals surface area contributed by atoms with Crippen LogP contribution in [0.2, 0.25) is 0 Å². The first-order chi connectivity index (χ1) is 13.1. The number of hydrogen-bond donors (Lipinski definition) is 2. The summed E-state index contributed by atoms with van der Waals surface area (Å²) >= 11 is 0. The minimum Gasteiger partial charge on any atom is -0.492 e. The Morgan fingerprint density at radius 1 is 1.04 bits per heavy atom. The van der Waals surface area contributed by atoms with Crippen molar-refractivity contribution < 1.29 is 27.8 Å². The highest BCUT2D eigenvalue weighted by atomic mass is 19.2. The van der Waals surface area contributed by atoms with Crippen molar-refractivity contribution in [2.45, 2.75) is 26.4 Å². The van der Waals surface area contributed by atoms with Crippen LogP contribution >= 0.6 is 0 Å². The van der Waals surface area contributed by atoms with Crippen molar-refractivity contribution in [2.75, 3.05) is 18.5 Å². The third-order valence-corrected chi connectivity index (χ3v) is 3.32. The van der Waals surface area contributed by atoms with Gasteiger partial charge in [0.25, 0.3) is 5.91 Å². The van der Waals surface area contributed by atoms with Crippen LogP contribution in [0, 0.1) is 11.6 Å². The van der Waals surface area contributed by atoms with E-state index in [1.54, 1.807) is 45.0 Å². The van der Waals surface area contributed by atoms with E-state index in [4.69, 9.17) is 9.47 Å². The summed E-state index contributed by atoms with van der Waals surface area (Å²) in [4.78, 5) is 23.7. The molecule has 0 heterocycles. The molecule has 8 heteroatoms. The Morgan fingerprint density at radius 2 is 1.79 bits per heavy atom. The van der Waals surface area contributed by atoms with Crippen molar-refractivity contribution in [1.29, 1.82) is 0 Å². The molecule has 0 bridgehead atoms. The molecule has 150 valence electrons. The van der Waals surface area contributed by atoms with Gasteiger partial charge in [-0.3, -0.25) is 10.1 Å². The Hall–Kier alpha value is -3.16. The highest BCUT2D eigenvalue weighted by Gasteiger charge is 2.16. The molecule has 2 rings (SSSR count). The molecule has 0 aliphatic carbocycles. The topological polar surface area (TPSA) is 76.7 Å². The van der Waals surface area contributed by atoms with Crippen LogP contribution in [-0.2, 0) is 4.74 Å². The van der Waals surface area contributed by atoms with Crippen LogP contribution in [0.15, 0.2) is 42.5 Å². The number of amides is 2. The number of ether oxygens (including phenoxy) is 2. The summed E-state index contributed by atoms with van der Waals surface area (Å²) in [6.07, 6.45) is -0.580. The third-order valence-electron chi connectivity index (χ3n) is 3.32. The fourth-order valence-corrected chi connectivity index (χ4v) is 2.16. The Balaban J connectivity index is 1.80. The van der Waals surface area contributed by atoms with E-state index in [1.807, 2.05) is 0 Å². The number of hydrogen-bond acceptors (Lipinski definition) is 4. The van der Waals surface area contributed by atoms with E-state index in [1.165, 1.54) is 6.07 Å². The Labute approximate surface area is 161 Å². The van der Waals surface area contributed by atoms with Crippen LogP contribution in [0.3, 0.4) is 0 Å². The third kappa shape index (κ3) is 6.86. The lowest BCUT2D eigenvalue weighted by atomic mass is 10.2. The van der Waals surface area contributed by atoms with Gasteiger partial charge in [0.15, 0.2) is 11.6 Å². The van der Waals surface area contributed by atoms with Crippen LogP contribution in [0.5, 0.6) is 5.75 Å². The molecule has 0 unspecified atom stereocenters. The van der Waals surface area contributed by atoms with Crippen molar-refractivity contribution in [1.82, 2.24) is 5.32 Å². The molecule has 28 heavy (non-hydrogen) atoms. The minimum atomic E-state index is -1.08. The van der Waals surface area contributed by atoms with Crippen molar-refractivity contribution in [3.63, 3.8) is 0 Å². The molecule has 0 fully saturated rings. The first kappa shape index (κ1) is 21.1. The number of carbonyl (C=O) groups excluding carboxylic acids is 2. The van der Waals surface area contributed by atoms with E-state index < -0.39 is 29.2 Å². The largest absolute Gasteiger partial charge is 0.492 e. The average Bonchev–Trinajstić information content (AvgIpc) is 2.59. The monoisotopic (exact) mass is 392 g/mol. The SMILES string of the molecule is CC(C)(C)OC(=O)Nc1cccc(OCCNC(=O)c2ccc(F)c(F)c2)c1. The first-order valence-electron chi connectivity index (χ1n) is 8.60. The first-order valence-corrected chi connectivity index (χ1v) is 8.60. The number of halogens is 2. The summed E-state index contributed by atoms with van der Waals surface area (Å²) in [6, 6.07) is 9.60. The summed E-state index contributed by atoms with van der Waals surface area (Å²) in [5, 5.41) is 5.15. The normalized spacial score (nSPS) is 10.9. The standard InChI is InChI=1S/C20H22F2N2O4/c1-20(2,3)28-19(26)24-14-5-4-6-15(12-14)27-10-9-23-18(25)13-7-8-16(21)17(22)11-13/h4-8,11-12H,9-10H2,1-3H3,(H,23,25)(H,24,26). The molecule has 0 saturated carbocycles. The number of rotatable bonds is 6. The van der Waals surface area contributed by atoms with Crippen LogP contribution in [0.1, 0.15) is 31.1 Å². The van der Waals surface area contributed by atoms with Crippen LogP contribution in [0.25, 0.3) is 0 Å². The minimum absolute atomic E-state index is 0.0162. The number of benzene rings is 2. The van der Waals surface area contributed by atoms with Crippen molar-refractivity contribution >= 4 is 17.7 Å². The van der Waals surface area contributed by atoms with Crippen molar-refractivity contribution in [2.24, 2.45) is 0 Å². The lowest BCUT2D eigenvalue weighted by Gasteiger charge is -2.19. The van der Waals surface area contributed by atoms with E-state index in [0.29, 0.717) is 11.4 Å². The molecule has 0 atom stereocenters. The lowest BCUT2D eigenvalue weighted by Crippen LogP contribution is -2.28. The van der Waals surface area contributed by atoms with Crippen LogP contribution in [-0.4, -0.2) is 30.8 Å². The highest BCUT2D eigenvalue weighted by Crippen LogP contribution is 2.18. The highest BCUT2D eigenvalue weighted by molar-refractivity contribution is 5.94. The molecule has 0 saturated heterocycles. The summed E-state index contributed by atoms with van der Waals surface area (Å²) < 4.78 is 36.7. The Kier molecular flexibility index (Phi) is 6.92. The summed E-state index contributed by atoms with van der Waals surface area (Å²) in [5.41, 5.74) is -0.0934. The molecule has 2 amide bonds. The molecule has 0 aromatic heterocycles. The smallest absolute Gasteiger partial charge is 0.412 e. The van der Waals surface area contributed by atoms with Gasteiger partial charge in [0.05, 0.1) is 6.54 Å². The van der Waals surface area contributed by atoms with Gasteiger partial charge in [-0.25, -0.2) is 13.6 Å². The molecular weight excluding hydrogens is 370 g/mol. The molecule has 0 radical (unpaired) electrons. The average molecular weight is 392 g/mol. The number of carbonyl (C=O) groups is 2. The molecule has 0 aliphatic heterocycles. The molecule has 2 aromatic carbocycles. The fraction of sp³-hybridized carbons (Fsp3) is 0.300. The molecule has 2 N–H and O–H groups in total. The van der Waals surface area contributed by atoms with Gasteiger partial charge in [-0.15, -0.1) is 0 Å². The van der Waals surface area contributed by atoms with Crippen molar-refractivity contribution in [3.05, 3.63) is 59.7 Å². The predicted molar refractivity (Wildman–Crippen MR) is 100 cm³/mol. The second-order valence-electron chi connectivity index (χ2n) is 6.89. The lowest BCUT2D eigenvalue weighted by molar-refractivity contribution is 0.0635. The van der Waals surface area contributed by atoms with Gasteiger partial charge in [0.2, 0.25) is 0 Å². The van der Waals surface area contributed by atoms with Gasteiger partial charge < -0.3 is 14.8 Å². The Bertz CT molecular complexity index is 850. The van der Waals surface area contributed by atoms with E-state index >= 15 is 0 Å². The van der Waals surface area contributed by atoms with E-state index in [9.17, 15) is 18.4 Å².